The van der Waals surface area contributed by atoms with Gasteiger partial charge in [-0.2, -0.15) is 0 Å². The molecule has 3 heteroatoms. The molecule has 0 spiro atoms. The first-order valence-electron chi connectivity index (χ1n) is 5.20. The van der Waals surface area contributed by atoms with E-state index >= 15 is 0 Å². The number of likely N-dealkylation sites (N-methyl/N-ethyl adjacent to an activating group) is 1. The Morgan fingerprint density at radius 3 is 2.54 bits per heavy atom. The number of aliphatic hydroxyl groups is 1. The zero-order chi connectivity index (χ0) is 9.90. The zero-order valence-electron chi connectivity index (χ0n) is 8.79. The predicted molar refractivity (Wildman–Crippen MR) is 54.5 cm³/mol. The van der Waals surface area contributed by atoms with Gasteiger partial charge in [0.05, 0.1) is 12.1 Å². The minimum absolute atomic E-state index is 0.117. The van der Waals surface area contributed by atoms with Crippen molar-refractivity contribution >= 4 is 0 Å². The quantitative estimate of drug-likeness (QED) is 0.632. The molecule has 0 aromatic heterocycles. The van der Waals surface area contributed by atoms with Gasteiger partial charge in [-0.15, -0.1) is 0 Å². The topological polar surface area (TPSA) is 49.5 Å². The van der Waals surface area contributed by atoms with Crippen LogP contribution in [0.25, 0.3) is 0 Å². The smallest absolute Gasteiger partial charge is 0.0626 e. The summed E-state index contributed by atoms with van der Waals surface area (Å²) in [6.07, 6.45) is 3.52. The molecule has 0 bridgehead atoms. The first-order chi connectivity index (χ1) is 6.12. The highest BCUT2D eigenvalue weighted by atomic mass is 16.3. The molecule has 13 heavy (non-hydrogen) atoms. The van der Waals surface area contributed by atoms with Crippen LogP contribution in [0.3, 0.4) is 0 Å². The second-order valence-corrected chi connectivity index (χ2v) is 4.40. The van der Waals surface area contributed by atoms with Gasteiger partial charge in [0.1, 0.15) is 0 Å². The molecule has 3 nitrogen and oxygen atoms in total. The summed E-state index contributed by atoms with van der Waals surface area (Å²) in [4.78, 5) is 2.22. The Kier molecular flexibility index (Phi) is 3.71. The summed E-state index contributed by atoms with van der Waals surface area (Å²) in [6, 6.07) is 0. The molecule has 1 rings (SSSR count). The third-order valence-corrected chi connectivity index (χ3v) is 2.85. The molecule has 0 radical (unpaired) electrons. The Morgan fingerprint density at radius 2 is 2.15 bits per heavy atom. The molecule has 78 valence electrons. The first kappa shape index (κ1) is 11.0. The molecule has 1 aliphatic carbocycles. The normalized spacial score (nSPS) is 21.9. The summed E-state index contributed by atoms with van der Waals surface area (Å²) in [7, 11) is 2.07. The van der Waals surface area contributed by atoms with Crippen molar-refractivity contribution in [3.05, 3.63) is 0 Å². The standard InChI is InChI=1S/C10H22N2O/c1-3-6-12(2)7-10(11,8-13)9-4-5-9/h9,13H,3-8,11H2,1-2H3. The lowest BCUT2D eigenvalue weighted by molar-refractivity contribution is 0.133. The van der Waals surface area contributed by atoms with Crippen LogP contribution in [0.4, 0.5) is 0 Å². The molecule has 0 aromatic carbocycles. The number of aliphatic hydroxyl groups excluding tert-OH is 1. The van der Waals surface area contributed by atoms with Gasteiger partial charge in [0, 0.05) is 6.54 Å². The van der Waals surface area contributed by atoms with Gasteiger partial charge in [0.15, 0.2) is 0 Å². The van der Waals surface area contributed by atoms with Gasteiger partial charge in [0.2, 0.25) is 0 Å². The minimum atomic E-state index is -0.343. The highest BCUT2D eigenvalue weighted by Gasteiger charge is 2.42. The fraction of sp³-hybridized carbons (Fsp3) is 1.00. The molecule has 3 N–H and O–H groups in total. The summed E-state index contributed by atoms with van der Waals surface area (Å²) in [5.41, 5.74) is 5.80. The molecule has 0 heterocycles. The van der Waals surface area contributed by atoms with Crippen LogP contribution in [0.2, 0.25) is 0 Å². The van der Waals surface area contributed by atoms with E-state index in [4.69, 9.17) is 5.73 Å². The van der Waals surface area contributed by atoms with E-state index in [-0.39, 0.29) is 12.1 Å². The summed E-state index contributed by atoms with van der Waals surface area (Å²) in [5.74, 6) is 0.553. The van der Waals surface area contributed by atoms with Crippen LogP contribution in [-0.2, 0) is 0 Å². The summed E-state index contributed by atoms with van der Waals surface area (Å²) >= 11 is 0. The van der Waals surface area contributed by atoms with Crippen LogP contribution >= 0.6 is 0 Å². The molecule has 0 amide bonds. The van der Waals surface area contributed by atoms with E-state index in [0.717, 1.165) is 19.5 Å². The zero-order valence-corrected chi connectivity index (χ0v) is 8.79. The van der Waals surface area contributed by atoms with Crippen molar-refractivity contribution in [3.63, 3.8) is 0 Å². The molecule has 1 saturated carbocycles. The van der Waals surface area contributed by atoms with Crippen LogP contribution < -0.4 is 5.73 Å². The van der Waals surface area contributed by atoms with Gasteiger partial charge in [-0.1, -0.05) is 6.92 Å². The summed E-state index contributed by atoms with van der Waals surface area (Å²) < 4.78 is 0. The van der Waals surface area contributed by atoms with Crippen LogP contribution in [0.15, 0.2) is 0 Å². The van der Waals surface area contributed by atoms with Gasteiger partial charge in [-0.25, -0.2) is 0 Å². The number of nitrogens with zero attached hydrogens (tertiary/aromatic N) is 1. The number of hydrogen-bond donors (Lipinski definition) is 2. The fourth-order valence-corrected chi connectivity index (χ4v) is 1.93. The Morgan fingerprint density at radius 1 is 1.54 bits per heavy atom. The Bertz CT molecular complexity index is 159. The molecular weight excluding hydrogens is 164 g/mol. The van der Waals surface area contributed by atoms with Crippen molar-refractivity contribution in [3.8, 4) is 0 Å². The van der Waals surface area contributed by atoms with Gasteiger partial charge >= 0.3 is 0 Å². The highest BCUT2D eigenvalue weighted by molar-refractivity contribution is 4.99. The Hall–Kier alpha value is -0.120. The Balaban J connectivity index is 2.37. The lowest BCUT2D eigenvalue weighted by atomic mass is 9.95. The predicted octanol–water partition coefficient (Wildman–Crippen LogP) is 0.428. The first-order valence-corrected chi connectivity index (χ1v) is 5.20. The van der Waals surface area contributed by atoms with Gasteiger partial charge in [0.25, 0.3) is 0 Å². The molecule has 0 saturated heterocycles. The van der Waals surface area contributed by atoms with Gasteiger partial charge in [-0.05, 0) is 38.8 Å². The third-order valence-electron chi connectivity index (χ3n) is 2.85. The van der Waals surface area contributed by atoms with Gasteiger partial charge < -0.3 is 15.7 Å². The van der Waals surface area contributed by atoms with Crippen LogP contribution in [-0.4, -0.2) is 42.3 Å². The van der Waals surface area contributed by atoms with E-state index in [1.165, 1.54) is 12.8 Å². The average Bonchev–Trinajstić information content (AvgIpc) is 2.86. The molecular formula is C10H22N2O. The highest BCUT2D eigenvalue weighted by Crippen LogP contribution is 2.38. The maximum atomic E-state index is 9.26. The monoisotopic (exact) mass is 186 g/mol. The van der Waals surface area contributed by atoms with Crippen molar-refractivity contribution in [2.24, 2.45) is 11.7 Å². The number of rotatable bonds is 6. The fourth-order valence-electron chi connectivity index (χ4n) is 1.93. The van der Waals surface area contributed by atoms with E-state index in [1.807, 2.05) is 0 Å². The molecule has 1 fully saturated rings. The summed E-state index contributed by atoms with van der Waals surface area (Å²) in [5, 5.41) is 9.26. The largest absolute Gasteiger partial charge is 0.394 e. The van der Waals surface area contributed by atoms with Crippen molar-refractivity contribution in [1.29, 1.82) is 0 Å². The van der Waals surface area contributed by atoms with Crippen LogP contribution in [0, 0.1) is 5.92 Å². The average molecular weight is 186 g/mol. The van der Waals surface area contributed by atoms with Crippen molar-refractivity contribution in [2.45, 2.75) is 31.7 Å². The molecule has 1 atom stereocenters. The van der Waals surface area contributed by atoms with E-state index in [1.54, 1.807) is 0 Å². The van der Waals surface area contributed by atoms with E-state index in [2.05, 4.69) is 18.9 Å². The molecule has 0 aromatic rings. The maximum Gasteiger partial charge on any atom is 0.0626 e. The van der Waals surface area contributed by atoms with Crippen molar-refractivity contribution in [1.82, 2.24) is 4.90 Å². The van der Waals surface area contributed by atoms with E-state index in [0.29, 0.717) is 5.92 Å². The second-order valence-electron chi connectivity index (χ2n) is 4.40. The molecule has 1 unspecified atom stereocenters. The SMILES string of the molecule is CCCN(C)CC(N)(CO)C1CC1. The van der Waals surface area contributed by atoms with E-state index in [9.17, 15) is 5.11 Å². The number of hydrogen-bond acceptors (Lipinski definition) is 3. The maximum absolute atomic E-state index is 9.26. The van der Waals surface area contributed by atoms with Crippen LogP contribution in [0.5, 0.6) is 0 Å². The summed E-state index contributed by atoms with van der Waals surface area (Å²) in [6.45, 7) is 4.16. The Labute approximate surface area is 80.9 Å². The number of nitrogens with two attached hydrogens (primary N) is 1. The lowest BCUT2D eigenvalue weighted by Crippen LogP contribution is -2.54. The third kappa shape index (κ3) is 2.93. The van der Waals surface area contributed by atoms with Crippen LogP contribution in [0.1, 0.15) is 26.2 Å². The lowest BCUT2D eigenvalue weighted by Gasteiger charge is -2.32. The van der Waals surface area contributed by atoms with Crippen molar-refractivity contribution < 1.29 is 5.11 Å². The van der Waals surface area contributed by atoms with Crippen molar-refractivity contribution in [2.75, 3.05) is 26.7 Å². The molecule has 0 aliphatic heterocycles. The minimum Gasteiger partial charge on any atom is -0.394 e. The second kappa shape index (κ2) is 4.40. The molecule has 1 aliphatic rings. The van der Waals surface area contributed by atoms with E-state index < -0.39 is 0 Å². The van der Waals surface area contributed by atoms with Gasteiger partial charge in [-0.3, -0.25) is 0 Å².